The summed E-state index contributed by atoms with van der Waals surface area (Å²) in [7, 11) is 0. The number of phenolic OH excluding ortho intramolecular Hbond substituents is 1. The van der Waals surface area contributed by atoms with E-state index in [0.717, 1.165) is 16.8 Å². The lowest BCUT2D eigenvalue weighted by molar-refractivity contribution is -0.139. The van der Waals surface area contributed by atoms with E-state index in [1.807, 2.05) is 0 Å². The molecule has 8 nitrogen and oxygen atoms in total. The van der Waals surface area contributed by atoms with Crippen molar-refractivity contribution in [3.05, 3.63) is 64.6 Å². The van der Waals surface area contributed by atoms with Crippen LogP contribution in [0.1, 0.15) is 15.9 Å². The van der Waals surface area contributed by atoms with Crippen LogP contribution in [0.2, 0.25) is 0 Å². The molecule has 0 atom stereocenters. The van der Waals surface area contributed by atoms with Crippen molar-refractivity contribution in [2.75, 3.05) is 6.61 Å². The minimum absolute atomic E-state index is 0.0760. The van der Waals surface area contributed by atoms with Crippen LogP contribution in [0.3, 0.4) is 0 Å². The molecule has 0 bridgehead atoms. The third-order valence-electron chi connectivity index (χ3n) is 3.63. The monoisotopic (exact) mass is 430 g/mol. The molecule has 0 unspecified atom stereocenters. The zero-order valence-electron chi connectivity index (χ0n) is 14.7. The number of hydrogen-bond donors (Lipinski definition) is 3. The first kappa shape index (κ1) is 20.4. The molecule has 2 amide bonds. The molecule has 148 valence electrons. The number of carbonyl (C=O) groups excluding carboxylic acids is 2. The number of hydrogen-bond acceptors (Lipinski definition) is 7. The average molecular weight is 430 g/mol. The number of thiocarbonyl (C=S) groups is 1. The highest BCUT2D eigenvalue weighted by Crippen LogP contribution is 2.32. The Labute approximate surface area is 174 Å². The Hall–Kier alpha value is -3.37. The highest BCUT2D eigenvalue weighted by atomic mass is 32.2. The van der Waals surface area contributed by atoms with E-state index in [-0.39, 0.29) is 20.5 Å². The van der Waals surface area contributed by atoms with Crippen molar-refractivity contribution in [3.8, 4) is 11.5 Å². The van der Waals surface area contributed by atoms with E-state index in [0.29, 0.717) is 11.3 Å². The molecule has 3 N–H and O–H groups in total. The maximum Gasteiger partial charge on any atom is 0.341 e. The van der Waals surface area contributed by atoms with Gasteiger partial charge in [-0.3, -0.25) is 15.0 Å². The van der Waals surface area contributed by atoms with Crippen molar-refractivity contribution in [3.63, 3.8) is 0 Å². The van der Waals surface area contributed by atoms with E-state index in [4.69, 9.17) is 22.1 Å². The summed E-state index contributed by atoms with van der Waals surface area (Å²) in [6.07, 6.45) is 1.56. The fourth-order valence-corrected chi connectivity index (χ4v) is 3.55. The second-order valence-electron chi connectivity index (χ2n) is 5.76. The average Bonchev–Trinajstić information content (AvgIpc) is 2.94. The van der Waals surface area contributed by atoms with Gasteiger partial charge in [0.15, 0.2) is 10.9 Å². The number of aromatic hydroxyl groups is 1. The number of carboxylic acids is 1. The molecule has 2 aromatic carbocycles. The van der Waals surface area contributed by atoms with Crippen molar-refractivity contribution in [1.82, 2.24) is 10.4 Å². The smallest absolute Gasteiger partial charge is 0.341 e. The number of amides is 2. The molecule has 0 radical (unpaired) electrons. The molecule has 1 saturated heterocycles. The van der Waals surface area contributed by atoms with Crippen molar-refractivity contribution < 1.29 is 29.3 Å². The summed E-state index contributed by atoms with van der Waals surface area (Å²) in [5.41, 5.74) is 3.20. The normalized spacial score (nSPS) is 14.9. The number of thioether (sulfide) groups is 1. The number of carbonyl (C=O) groups is 3. The quantitative estimate of drug-likeness (QED) is 0.473. The van der Waals surface area contributed by atoms with E-state index >= 15 is 0 Å². The zero-order valence-corrected chi connectivity index (χ0v) is 16.3. The molecule has 0 aromatic heterocycles. The fraction of sp³-hybridized carbons (Fsp3) is 0.0526. The number of phenols is 1. The van der Waals surface area contributed by atoms with E-state index in [2.05, 4.69) is 5.43 Å². The number of ether oxygens (including phenoxy) is 1. The molecular formula is C19H14N2O6S2. The first-order valence-electron chi connectivity index (χ1n) is 8.16. The lowest BCUT2D eigenvalue weighted by Gasteiger charge is -2.15. The number of aliphatic carboxylic acids is 1. The predicted molar refractivity (Wildman–Crippen MR) is 110 cm³/mol. The van der Waals surface area contributed by atoms with Gasteiger partial charge in [-0.1, -0.05) is 30.0 Å². The second kappa shape index (κ2) is 8.76. The number of nitrogens with one attached hydrogen (secondary N) is 1. The number of benzene rings is 2. The Balaban J connectivity index is 1.74. The molecule has 0 aliphatic carbocycles. The van der Waals surface area contributed by atoms with Gasteiger partial charge in [0, 0.05) is 5.56 Å². The molecule has 1 heterocycles. The predicted octanol–water partition coefficient (Wildman–Crippen LogP) is 2.40. The van der Waals surface area contributed by atoms with Crippen molar-refractivity contribution in [1.29, 1.82) is 0 Å². The number of rotatable bonds is 6. The summed E-state index contributed by atoms with van der Waals surface area (Å²) in [5.74, 6) is -1.94. The van der Waals surface area contributed by atoms with Gasteiger partial charge in [-0.25, -0.2) is 4.79 Å². The van der Waals surface area contributed by atoms with Crippen LogP contribution in [0.4, 0.5) is 0 Å². The van der Waals surface area contributed by atoms with Crippen LogP contribution < -0.4 is 10.2 Å². The van der Waals surface area contributed by atoms with Crippen molar-refractivity contribution in [2.24, 2.45) is 0 Å². The van der Waals surface area contributed by atoms with Crippen LogP contribution in [0.5, 0.6) is 11.5 Å². The summed E-state index contributed by atoms with van der Waals surface area (Å²) >= 11 is 6.19. The van der Waals surface area contributed by atoms with Gasteiger partial charge >= 0.3 is 5.97 Å². The summed E-state index contributed by atoms with van der Waals surface area (Å²) in [4.78, 5) is 35.8. The minimum Gasteiger partial charge on any atom is -0.508 e. The number of nitrogens with zero attached hydrogens (tertiary/aromatic N) is 1. The summed E-state index contributed by atoms with van der Waals surface area (Å²) in [6.45, 7) is -0.480. The van der Waals surface area contributed by atoms with Gasteiger partial charge in [0.2, 0.25) is 0 Å². The van der Waals surface area contributed by atoms with E-state index in [9.17, 15) is 19.5 Å². The summed E-state index contributed by atoms with van der Waals surface area (Å²) < 4.78 is 5.27. The van der Waals surface area contributed by atoms with Crippen LogP contribution in [0, 0.1) is 0 Å². The molecule has 3 rings (SSSR count). The van der Waals surface area contributed by atoms with Gasteiger partial charge in [-0.2, -0.15) is 5.01 Å². The van der Waals surface area contributed by atoms with Gasteiger partial charge in [0.25, 0.3) is 11.8 Å². The SMILES string of the molecule is O=C(O)COc1cccc(/C=C2\SC(=S)N(NC(=O)c3cccc(O)c3)C2=O)c1. The van der Waals surface area contributed by atoms with Gasteiger partial charge in [-0.05, 0) is 54.2 Å². The Morgan fingerprint density at radius 2 is 1.97 bits per heavy atom. The van der Waals surface area contributed by atoms with Crippen LogP contribution in [-0.2, 0) is 9.59 Å². The largest absolute Gasteiger partial charge is 0.508 e. The van der Waals surface area contributed by atoms with Crippen molar-refractivity contribution in [2.45, 2.75) is 0 Å². The third kappa shape index (κ3) is 5.12. The number of carboxylic acid groups (broad SMARTS) is 1. The summed E-state index contributed by atoms with van der Waals surface area (Å²) in [6, 6.07) is 12.2. The topological polar surface area (TPSA) is 116 Å². The Morgan fingerprint density at radius 3 is 2.69 bits per heavy atom. The van der Waals surface area contributed by atoms with Gasteiger partial charge < -0.3 is 14.9 Å². The molecule has 0 saturated carbocycles. The Bertz CT molecular complexity index is 1040. The Kier molecular flexibility index (Phi) is 6.15. The first-order chi connectivity index (χ1) is 13.8. The highest BCUT2D eigenvalue weighted by molar-refractivity contribution is 8.26. The molecule has 1 aliphatic rings. The lowest BCUT2D eigenvalue weighted by atomic mass is 10.2. The van der Waals surface area contributed by atoms with Gasteiger partial charge in [-0.15, -0.1) is 0 Å². The minimum atomic E-state index is -1.10. The molecule has 29 heavy (non-hydrogen) atoms. The standard InChI is InChI=1S/C19H14N2O6S2/c22-13-5-2-4-12(9-13)17(25)20-21-18(26)15(29-19(21)28)8-11-3-1-6-14(7-11)27-10-16(23)24/h1-9,22H,10H2,(H,20,25)(H,23,24)/b15-8-. The first-order valence-corrected chi connectivity index (χ1v) is 9.38. The highest BCUT2D eigenvalue weighted by Gasteiger charge is 2.33. The van der Waals surface area contributed by atoms with E-state index < -0.39 is 24.4 Å². The lowest BCUT2D eigenvalue weighted by Crippen LogP contribution is -2.44. The zero-order chi connectivity index (χ0) is 21.0. The van der Waals surface area contributed by atoms with Crippen LogP contribution in [-0.4, -0.2) is 43.9 Å². The van der Waals surface area contributed by atoms with Crippen molar-refractivity contribution >= 4 is 52.2 Å². The van der Waals surface area contributed by atoms with Crippen LogP contribution in [0.15, 0.2) is 53.4 Å². The van der Waals surface area contributed by atoms with E-state index in [1.54, 1.807) is 30.3 Å². The molecule has 0 spiro atoms. The molecular weight excluding hydrogens is 416 g/mol. The maximum absolute atomic E-state index is 12.6. The third-order valence-corrected chi connectivity index (χ3v) is 4.94. The second-order valence-corrected chi connectivity index (χ2v) is 7.44. The van der Waals surface area contributed by atoms with E-state index in [1.165, 1.54) is 24.3 Å². The van der Waals surface area contributed by atoms with Gasteiger partial charge in [0.1, 0.15) is 11.5 Å². The fourth-order valence-electron chi connectivity index (χ4n) is 2.37. The molecule has 1 aliphatic heterocycles. The molecule has 2 aromatic rings. The summed E-state index contributed by atoms with van der Waals surface area (Å²) in [5, 5.41) is 19.1. The maximum atomic E-state index is 12.6. The van der Waals surface area contributed by atoms with Gasteiger partial charge in [0.05, 0.1) is 4.91 Å². The van der Waals surface area contributed by atoms with Crippen LogP contribution in [0.25, 0.3) is 6.08 Å². The molecule has 1 fully saturated rings. The Morgan fingerprint density at radius 1 is 1.21 bits per heavy atom. The molecule has 10 heteroatoms. The number of hydrazine groups is 1. The van der Waals surface area contributed by atoms with Crippen LogP contribution >= 0.6 is 24.0 Å².